The van der Waals surface area contributed by atoms with Gasteiger partial charge in [0.25, 0.3) is 0 Å². The molecule has 3 nitrogen and oxygen atoms in total. The van der Waals surface area contributed by atoms with Gasteiger partial charge in [0.2, 0.25) is 0 Å². The number of rotatable bonds is 5. The first-order valence-electron chi connectivity index (χ1n) is 7.61. The van der Waals surface area contributed by atoms with Gasteiger partial charge < -0.3 is 4.74 Å². The topological polar surface area (TPSA) is 56.8 Å². The van der Waals surface area contributed by atoms with Gasteiger partial charge in [0, 0.05) is 6.61 Å². The first-order chi connectivity index (χ1) is 10.7. The van der Waals surface area contributed by atoms with Crippen LogP contribution in [0.15, 0.2) is 23.8 Å². The molecule has 0 unspecified atom stereocenters. The van der Waals surface area contributed by atoms with Crippen molar-refractivity contribution in [2.45, 2.75) is 38.7 Å². The second-order valence-corrected chi connectivity index (χ2v) is 5.64. The fourth-order valence-corrected chi connectivity index (χ4v) is 2.77. The van der Waals surface area contributed by atoms with E-state index in [9.17, 15) is 4.39 Å². The third kappa shape index (κ3) is 4.69. The van der Waals surface area contributed by atoms with Gasteiger partial charge in [-0.3, -0.25) is 0 Å². The van der Waals surface area contributed by atoms with Crippen LogP contribution in [0.5, 0.6) is 0 Å². The molecule has 1 aliphatic rings. The summed E-state index contributed by atoms with van der Waals surface area (Å²) in [7, 11) is 0. The van der Waals surface area contributed by atoms with Crippen LogP contribution in [-0.2, 0) is 11.3 Å². The maximum atomic E-state index is 13.4. The van der Waals surface area contributed by atoms with Crippen molar-refractivity contribution in [2.75, 3.05) is 6.61 Å². The molecule has 0 heterocycles. The Morgan fingerprint density at radius 3 is 2.64 bits per heavy atom. The SMILES string of the molecule is N#CC(C#N)=Cc1ccc(F)cc1COCC1CCCCC1. The molecule has 2 rings (SSSR count). The largest absolute Gasteiger partial charge is 0.376 e. The van der Waals surface area contributed by atoms with Gasteiger partial charge >= 0.3 is 0 Å². The number of allylic oxidation sites excluding steroid dienone is 1. The molecule has 114 valence electrons. The van der Waals surface area contributed by atoms with Gasteiger partial charge in [0.15, 0.2) is 0 Å². The minimum absolute atomic E-state index is 0.000128. The average molecular weight is 298 g/mol. The summed E-state index contributed by atoms with van der Waals surface area (Å²) >= 11 is 0. The zero-order chi connectivity index (χ0) is 15.8. The van der Waals surface area contributed by atoms with Crippen molar-refractivity contribution in [3.63, 3.8) is 0 Å². The van der Waals surface area contributed by atoms with Crippen LogP contribution in [0.3, 0.4) is 0 Å². The molecule has 22 heavy (non-hydrogen) atoms. The summed E-state index contributed by atoms with van der Waals surface area (Å²) < 4.78 is 19.2. The maximum absolute atomic E-state index is 13.4. The number of hydrogen-bond donors (Lipinski definition) is 0. The lowest BCUT2D eigenvalue weighted by atomic mass is 9.90. The normalized spacial score (nSPS) is 14.9. The highest BCUT2D eigenvalue weighted by atomic mass is 19.1. The smallest absolute Gasteiger partial charge is 0.130 e. The van der Waals surface area contributed by atoms with E-state index in [2.05, 4.69) is 0 Å². The molecule has 1 aliphatic carbocycles. The second-order valence-electron chi connectivity index (χ2n) is 5.64. The Kier molecular flexibility index (Phi) is 6.13. The van der Waals surface area contributed by atoms with Crippen LogP contribution < -0.4 is 0 Å². The standard InChI is InChI=1S/C18H19FN2O/c19-18-7-6-16(8-15(10-20)11-21)17(9-18)13-22-12-14-4-2-1-3-5-14/h6-9,14H,1-5,12-13H2. The summed E-state index contributed by atoms with van der Waals surface area (Å²) in [4.78, 5) is 0. The highest BCUT2D eigenvalue weighted by molar-refractivity contribution is 5.64. The highest BCUT2D eigenvalue weighted by Gasteiger charge is 2.13. The summed E-state index contributed by atoms with van der Waals surface area (Å²) in [5.41, 5.74) is 1.32. The lowest BCUT2D eigenvalue weighted by molar-refractivity contribution is 0.0737. The van der Waals surface area contributed by atoms with Crippen molar-refractivity contribution >= 4 is 6.08 Å². The van der Waals surface area contributed by atoms with E-state index in [1.807, 2.05) is 12.1 Å². The molecule has 0 amide bonds. The monoisotopic (exact) mass is 298 g/mol. The van der Waals surface area contributed by atoms with Gasteiger partial charge in [0.05, 0.1) is 6.61 Å². The molecule has 1 aromatic rings. The van der Waals surface area contributed by atoms with Crippen LogP contribution in [0.25, 0.3) is 6.08 Å². The van der Waals surface area contributed by atoms with Crippen LogP contribution in [0.1, 0.15) is 43.2 Å². The third-order valence-corrected chi connectivity index (χ3v) is 3.98. The van der Waals surface area contributed by atoms with Gasteiger partial charge in [-0.15, -0.1) is 0 Å². The predicted molar refractivity (Wildman–Crippen MR) is 81.8 cm³/mol. The maximum Gasteiger partial charge on any atom is 0.130 e. The van der Waals surface area contributed by atoms with Crippen LogP contribution in [0.2, 0.25) is 0 Å². The van der Waals surface area contributed by atoms with E-state index in [4.69, 9.17) is 15.3 Å². The fourth-order valence-electron chi connectivity index (χ4n) is 2.77. The quantitative estimate of drug-likeness (QED) is 0.759. The number of nitriles is 2. The summed E-state index contributed by atoms with van der Waals surface area (Å²) in [5.74, 6) is 0.249. The van der Waals surface area contributed by atoms with Crippen molar-refractivity contribution in [1.82, 2.24) is 0 Å². The van der Waals surface area contributed by atoms with Gasteiger partial charge in [0.1, 0.15) is 23.5 Å². The molecule has 1 saturated carbocycles. The van der Waals surface area contributed by atoms with E-state index in [-0.39, 0.29) is 11.4 Å². The Balaban J connectivity index is 2.03. The fraction of sp³-hybridized carbons (Fsp3) is 0.444. The van der Waals surface area contributed by atoms with Gasteiger partial charge in [-0.25, -0.2) is 4.39 Å². The Morgan fingerprint density at radius 2 is 1.95 bits per heavy atom. The lowest BCUT2D eigenvalue weighted by Gasteiger charge is -2.21. The molecular formula is C18H19FN2O. The van der Waals surface area contributed by atoms with E-state index in [1.54, 1.807) is 6.07 Å². The predicted octanol–water partition coefficient (Wildman–Crippen LogP) is 4.35. The summed E-state index contributed by atoms with van der Waals surface area (Å²) in [6, 6.07) is 7.93. The molecule has 0 radical (unpaired) electrons. The van der Waals surface area contributed by atoms with Crippen molar-refractivity contribution in [3.8, 4) is 12.1 Å². The van der Waals surface area contributed by atoms with E-state index in [0.29, 0.717) is 30.3 Å². The minimum Gasteiger partial charge on any atom is -0.376 e. The Bertz CT molecular complexity index is 603. The zero-order valence-electron chi connectivity index (χ0n) is 12.5. The van der Waals surface area contributed by atoms with Crippen LogP contribution in [0, 0.1) is 34.4 Å². The first-order valence-corrected chi connectivity index (χ1v) is 7.61. The third-order valence-electron chi connectivity index (χ3n) is 3.98. The van der Waals surface area contributed by atoms with Crippen LogP contribution in [-0.4, -0.2) is 6.61 Å². The Morgan fingerprint density at radius 1 is 1.23 bits per heavy atom. The second kappa shape index (κ2) is 8.32. The van der Waals surface area contributed by atoms with Crippen molar-refractivity contribution in [2.24, 2.45) is 5.92 Å². The molecule has 4 heteroatoms. The number of ether oxygens (including phenoxy) is 1. The Labute approximate surface area is 130 Å². The number of nitrogens with zero attached hydrogens (tertiary/aromatic N) is 2. The molecule has 0 saturated heterocycles. The molecule has 1 fully saturated rings. The van der Waals surface area contributed by atoms with Gasteiger partial charge in [-0.2, -0.15) is 10.5 Å². The van der Waals surface area contributed by atoms with E-state index < -0.39 is 0 Å². The van der Waals surface area contributed by atoms with Crippen LogP contribution in [0.4, 0.5) is 4.39 Å². The molecule has 0 bridgehead atoms. The molecule has 1 aromatic carbocycles. The molecule has 0 aromatic heterocycles. The van der Waals surface area contributed by atoms with Gasteiger partial charge in [-0.05, 0) is 48.1 Å². The van der Waals surface area contributed by atoms with E-state index in [0.717, 1.165) is 0 Å². The number of benzene rings is 1. The number of halogens is 1. The first kappa shape index (κ1) is 16.2. The molecule has 0 N–H and O–H groups in total. The summed E-state index contributed by atoms with van der Waals surface area (Å²) in [5, 5.41) is 17.7. The highest BCUT2D eigenvalue weighted by Crippen LogP contribution is 2.24. The zero-order valence-corrected chi connectivity index (χ0v) is 12.5. The van der Waals surface area contributed by atoms with Crippen molar-refractivity contribution in [3.05, 3.63) is 40.7 Å². The van der Waals surface area contributed by atoms with E-state index >= 15 is 0 Å². The van der Waals surface area contributed by atoms with Gasteiger partial charge in [-0.1, -0.05) is 25.3 Å². The van der Waals surface area contributed by atoms with E-state index in [1.165, 1.54) is 50.3 Å². The lowest BCUT2D eigenvalue weighted by Crippen LogP contribution is -2.13. The van der Waals surface area contributed by atoms with Crippen LogP contribution >= 0.6 is 0 Å². The molecule has 0 aliphatic heterocycles. The number of hydrogen-bond acceptors (Lipinski definition) is 3. The average Bonchev–Trinajstić information content (AvgIpc) is 2.55. The Hall–Kier alpha value is -2.17. The summed E-state index contributed by atoms with van der Waals surface area (Å²) in [6.45, 7) is 0.979. The molecule has 0 atom stereocenters. The summed E-state index contributed by atoms with van der Waals surface area (Å²) in [6.07, 6.45) is 7.69. The molecular weight excluding hydrogens is 279 g/mol. The van der Waals surface area contributed by atoms with Crippen molar-refractivity contribution < 1.29 is 9.13 Å². The van der Waals surface area contributed by atoms with Crippen molar-refractivity contribution in [1.29, 1.82) is 10.5 Å². The molecule has 0 spiro atoms. The minimum atomic E-state index is -0.344.